The van der Waals surface area contributed by atoms with Gasteiger partial charge in [-0.05, 0) is 30.0 Å². The molecule has 2 nitrogen and oxygen atoms in total. The Labute approximate surface area is 99.0 Å². The van der Waals surface area contributed by atoms with E-state index in [-0.39, 0.29) is 12.0 Å². The summed E-state index contributed by atoms with van der Waals surface area (Å²) in [5.74, 6) is 0.322. The molecule has 1 aliphatic rings. The number of hydrogen-bond donors (Lipinski definition) is 2. The van der Waals surface area contributed by atoms with Gasteiger partial charge >= 0.3 is 0 Å². The van der Waals surface area contributed by atoms with E-state index in [2.05, 4.69) is 0 Å². The smallest absolute Gasteiger partial charge is 0.0595 e. The highest BCUT2D eigenvalue weighted by atomic mass is 35.5. The molecule has 0 heterocycles. The highest BCUT2D eigenvalue weighted by Gasteiger charge is 2.53. The van der Waals surface area contributed by atoms with E-state index in [9.17, 15) is 5.11 Å². The van der Waals surface area contributed by atoms with Crippen LogP contribution in [0.15, 0.2) is 18.2 Å². The second kappa shape index (κ2) is 3.95. The molecule has 82 valence electrons. The zero-order valence-corrected chi connectivity index (χ0v) is 9.72. The van der Waals surface area contributed by atoms with E-state index < -0.39 is 0 Å². The van der Waals surface area contributed by atoms with Gasteiger partial charge in [0.2, 0.25) is 0 Å². The molecule has 4 heteroatoms. The molecule has 2 atom stereocenters. The molecule has 0 spiro atoms. The molecule has 1 saturated carbocycles. The lowest BCUT2D eigenvalue weighted by molar-refractivity contribution is 0.211. The summed E-state index contributed by atoms with van der Waals surface area (Å²) in [6.45, 7) is 0.642. The van der Waals surface area contributed by atoms with Crippen LogP contribution in [0.1, 0.15) is 17.9 Å². The minimum absolute atomic E-state index is 0.128. The number of nitrogens with two attached hydrogens (primary N) is 1. The van der Waals surface area contributed by atoms with Crippen LogP contribution in [0.25, 0.3) is 0 Å². The third-order valence-electron chi connectivity index (χ3n) is 3.26. The Bertz CT molecular complexity index is 377. The van der Waals surface area contributed by atoms with Crippen LogP contribution in [-0.2, 0) is 0 Å². The summed E-state index contributed by atoms with van der Waals surface area (Å²) in [6.07, 6.45) is 0.929. The lowest BCUT2D eigenvalue weighted by Crippen LogP contribution is -2.21. The number of aliphatic hydroxyl groups excluding tert-OH is 1. The first-order valence-electron chi connectivity index (χ1n) is 4.89. The van der Waals surface area contributed by atoms with Gasteiger partial charge in [0, 0.05) is 12.0 Å². The summed E-state index contributed by atoms with van der Waals surface area (Å²) < 4.78 is 0. The normalized spacial score (nSPS) is 29.2. The maximum absolute atomic E-state index is 9.27. The minimum atomic E-state index is -0.128. The average Bonchev–Trinajstić information content (AvgIpc) is 2.97. The Balaban J connectivity index is 2.23. The van der Waals surface area contributed by atoms with E-state index in [0.29, 0.717) is 22.5 Å². The molecule has 0 aliphatic heterocycles. The van der Waals surface area contributed by atoms with Crippen molar-refractivity contribution in [3.05, 3.63) is 33.8 Å². The second-order valence-electron chi connectivity index (χ2n) is 4.15. The van der Waals surface area contributed by atoms with Gasteiger partial charge in [0.15, 0.2) is 0 Å². The molecule has 3 N–H and O–H groups in total. The van der Waals surface area contributed by atoms with Gasteiger partial charge in [-0.3, -0.25) is 0 Å². The van der Waals surface area contributed by atoms with Crippen LogP contribution < -0.4 is 5.73 Å². The molecule has 0 unspecified atom stereocenters. The standard InChI is InChI=1S/C11H13Cl2NO/c12-9-2-1-7(3-10(9)13)8-4-11(8,5-14)6-15/h1-3,8,15H,4-6,14H2/t8-,11+/m0/s1. The third-order valence-corrected chi connectivity index (χ3v) is 4.00. The molecule has 1 aromatic rings. The van der Waals surface area contributed by atoms with Crippen LogP contribution >= 0.6 is 23.2 Å². The number of rotatable bonds is 3. The number of aliphatic hydroxyl groups is 1. The Morgan fingerprint density at radius 3 is 2.60 bits per heavy atom. The van der Waals surface area contributed by atoms with Crippen molar-refractivity contribution in [2.45, 2.75) is 12.3 Å². The second-order valence-corrected chi connectivity index (χ2v) is 4.97. The van der Waals surface area contributed by atoms with Crippen LogP contribution in [0, 0.1) is 5.41 Å². The van der Waals surface area contributed by atoms with E-state index in [0.717, 1.165) is 12.0 Å². The number of hydrogen-bond acceptors (Lipinski definition) is 2. The first kappa shape index (κ1) is 11.2. The summed E-state index contributed by atoms with van der Waals surface area (Å²) in [6, 6.07) is 5.60. The van der Waals surface area contributed by atoms with Crippen LogP contribution in [0.2, 0.25) is 10.0 Å². The monoisotopic (exact) mass is 245 g/mol. The third kappa shape index (κ3) is 1.87. The molecule has 1 fully saturated rings. The minimum Gasteiger partial charge on any atom is -0.396 e. The molecule has 2 rings (SSSR count). The van der Waals surface area contributed by atoms with Gasteiger partial charge in [-0.2, -0.15) is 0 Å². The predicted molar refractivity (Wildman–Crippen MR) is 62.4 cm³/mol. The van der Waals surface area contributed by atoms with E-state index in [1.54, 1.807) is 6.07 Å². The van der Waals surface area contributed by atoms with Crippen molar-refractivity contribution < 1.29 is 5.11 Å². The molecule has 0 aromatic heterocycles. The van der Waals surface area contributed by atoms with Gasteiger partial charge in [-0.1, -0.05) is 29.3 Å². The van der Waals surface area contributed by atoms with Gasteiger partial charge in [0.25, 0.3) is 0 Å². The van der Waals surface area contributed by atoms with Crippen molar-refractivity contribution in [1.82, 2.24) is 0 Å². The van der Waals surface area contributed by atoms with Crippen molar-refractivity contribution in [3.63, 3.8) is 0 Å². The quantitative estimate of drug-likeness (QED) is 0.860. The zero-order chi connectivity index (χ0) is 11.1. The van der Waals surface area contributed by atoms with E-state index in [4.69, 9.17) is 28.9 Å². The van der Waals surface area contributed by atoms with E-state index >= 15 is 0 Å². The van der Waals surface area contributed by atoms with Gasteiger partial charge in [-0.25, -0.2) is 0 Å². The average molecular weight is 246 g/mol. The maximum atomic E-state index is 9.27. The van der Waals surface area contributed by atoms with Crippen molar-refractivity contribution in [2.75, 3.05) is 13.2 Å². The fraction of sp³-hybridized carbons (Fsp3) is 0.455. The molecule has 0 radical (unpaired) electrons. The summed E-state index contributed by atoms with van der Waals surface area (Å²) in [7, 11) is 0. The molecule has 1 aliphatic carbocycles. The molecular formula is C11H13Cl2NO. The van der Waals surface area contributed by atoms with Crippen LogP contribution in [0.5, 0.6) is 0 Å². The van der Waals surface area contributed by atoms with E-state index in [1.165, 1.54) is 0 Å². The lowest BCUT2D eigenvalue weighted by Gasteiger charge is -2.11. The summed E-state index contributed by atoms with van der Waals surface area (Å²) in [4.78, 5) is 0. The van der Waals surface area contributed by atoms with Gasteiger partial charge in [0.05, 0.1) is 16.7 Å². The highest BCUT2D eigenvalue weighted by molar-refractivity contribution is 6.42. The summed E-state index contributed by atoms with van der Waals surface area (Å²) in [5.41, 5.74) is 6.64. The molecule has 15 heavy (non-hydrogen) atoms. The van der Waals surface area contributed by atoms with Crippen molar-refractivity contribution in [1.29, 1.82) is 0 Å². The maximum Gasteiger partial charge on any atom is 0.0595 e. The Morgan fingerprint density at radius 1 is 1.40 bits per heavy atom. The van der Waals surface area contributed by atoms with Crippen molar-refractivity contribution in [2.24, 2.45) is 11.1 Å². The Morgan fingerprint density at radius 2 is 2.13 bits per heavy atom. The lowest BCUT2D eigenvalue weighted by atomic mass is 10.0. The van der Waals surface area contributed by atoms with Gasteiger partial charge in [-0.15, -0.1) is 0 Å². The van der Waals surface area contributed by atoms with Gasteiger partial charge < -0.3 is 10.8 Å². The van der Waals surface area contributed by atoms with Crippen LogP contribution in [0.4, 0.5) is 0 Å². The predicted octanol–water partition coefficient (Wildman–Crippen LogP) is 2.42. The molecule has 1 aromatic carbocycles. The molecule has 0 bridgehead atoms. The molecule has 0 amide bonds. The van der Waals surface area contributed by atoms with Crippen LogP contribution in [0.3, 0.4) is 0 Å². The van der Waals surface area contributed by atoms with Crippen LogP contribution in [-0.4, -0.2) is 18.3 Å². The fourth-order valence-corrected chi connectivity index (χ4v) is 2.32. The number of halogens is 2. The Kier molecular flexibility index (Phi) is 2.95. The molecule has 0 saturated heterocycles. The zero-order valence-electron chi connectivity index (χ0n) is 8.21. The summed E-state index contributed by atoms with van der Waals surface area (Å²) >= 11 is 11.8. The number of benzene rings is 1. The molecular weight excluding hydrogens is 233 g/mol. The van der Waals surface area contributed by atoms with Crippen molar-refractivity contribution >= 4 is 23.2 Å². The topological polar surface area (TPSA) is 46.2 Å². The highest BCUT2D eigenvalue weighted by Crippen LogP contribution is 2.58. The van der Waals surface area contributed by atoms with Gasteiger partial charge in [0.1, 0.15) is 0 Å². The fourth-order valence-electron chi connectivity index (χ4n) is 2.01. The first-order valence-corrected chi connectivity index (χ1v) is 5.64. The van der Waals surface area contributed by atoms with Crippen molar-refractivity contribution in [3.8, 4) is 0 Å². The Hall–Kier alpha value is -0.280. The SMILES string of the molecule is NC[C@@]1(CO)C[C@H]1c1ccc(Cl)c(Cl)c1. The summed E-state index contributed by atoms with van der Waals surface area (Å²) in [5, 5.41) is 10.4. The van der Waals surface area contributed by atoms with E-state index in [1.807, 2.05) is 12.1 Å². The largest absolute Gasteiger partial charge is 0.396 e. The first-order chi connectivity index (χ1) is 7.13.